The van der Waals surface area contributed by atoms with Gasteiger partial charge < -0.3 is 10.2 Å². The van der Waals surface area contributed by atoms with Gasteiger partial charge in [0, 0.05) is 13.1 Å². The van der Waals surface area contributed by atoms with Crippen LogP contribution in [0.4, 0.5) is 0 Å². The fourth-order valence-corrected chi connectivity index (χ4v) is 3.12. The van der Waals surface area contributed by atoms with Crippen molar-refractivity contribution in [1.82, 2.24) is 10.2 Å². The molecule has 0 aromatic heterocycles. The van der Waals surface area contributed by atoms with Crippen molar-refractivity contribution >= 4 is 5.91 Å². The van der Waals surface area contributed by atoms with Gasteiger partial charge in [0.1, 0.15) is 0 Å². The summed E-state index contributed by atoms with van der Waals surface area (Å²) in [6.07, 6.45) is 4.37. The topological polar surface area (TPSA) is 32.3 Å². The molecule has 1 N–H and O–H groups in total. The summed E-state index contributed by atoms with van der Waals surface area (Å²) in [5, 5.41) is 3.42. The molecule has 0 aliphatic carbocycles. The van der Waals surface area contributed by atoms with Crippen molar-refractivity contribution in [1.29, 1.82) is 0 Å². The van der Waals surface area contributed by atoms with E-state index < -0.39 is 0 Å². The molecule has 0 spiro atoms. The van der Waals surface area contributed by atoms with E-state index in [1.807, 2.05) is 23.1 Å². The Labute approximate surface area is 128 Å². The Balaban J connectivity index is 2.01. The Bertz CT molecular complexity index is 432. The fourth-order valence-electron chi connectivity index (χ4n) is 3.12. The van der Waals surface area contributed by atoms with E-state index >= 15 is 0 Å². The first kappa shape index (κ1) is 16.0. The quantitative estimate of drug-likeness (QED) is 0.872. The summed E-state index contributed by atoms with van der Waals surface area (Å²) in [6, 6.07) is 10.3. The molecule has 2 rings (SSSR count). The van der Waals surface area contributed by atoms with Crippen molar-refractivity contribution in [3.8, 4) is 0 Å². The highest BCUT2D eigenvalue weighted by Crippen LogP contribution is 2.21. The van der Waals surface area contributed by atoms with Crippen LogP contribution in [0.2, 0.25) is 0 Å². The van der Waals surface area contributed by atoms with Gasteiger partial charge in [0.15, 0.2) is 0 Å². The van der Waals surface area contributed by atoms with E-state index in [1.54, 1.807) is 0 Å². The van der Waals surface area contributed by atoms with Crippen LogP contribution >= 0.6 is 0 Å². The Hall–Kier alpha value is -1.35. The lowest BCUT2D eigenvalue weighted by atomic mass is 9.90. The van der Waals surface area contributed by atoms with Gasteiger partial charge in [-0.05, 0) is 37.3 Å². The Morgan fingerprint density at radius 1 is 1.29 bits per heavy atom. The molecule has 1 aromatic rings. The molecular weight excluding hydrogens is 260 g/mol. The molecule has 2 unspecified atom stereocenters. The summed E-state index contributed by atoms with van der Waals surface area (Å²) in [5.41, 5.74) is 1.21. The third kappa shape index (κ3) is 4.57. The minimum atomic E-state index is 0.0129. The number of benzene rings is 1. The van der Waals surface area contributed by atoms with Crippen molar-refractivity contribution in [2.24, 2.45) is 5.92 Å². The van der Waals surface area contributed by atoms with Crippen LogP contribution in [0.15, 0.2) is 30.3 Å². The lowest BCUT2D eigenvalue weighted by Crippen LogP contribution is -2.50. The number of piperidine rings is 1. The maximum absolute atomic E-state index is 12.8. The molecule has 3 nitrogen and oxygen atoms in total. The predicted molar refractivity (Wildman–Crippen MR) is 87.0 cm³/mol. The first-order chi connectivity index (χ1) is 10.2. The number of carbonyl (C=O) groups excluding carboxylic acids is 1. The molecule has 3 heteroatoms. The largest absolute Gasteiger partial charge is 0.337 e. The van der Waals surface area contributed by atoms with Gasteiger partial charge in [-0.3, -0.25) is 4.79 Å². The summed E-state index contributed by atoms with van der Waals surface area (Å²) in [5.74, 6) is 0.972. The summed E-state index contributed by atoms with van der Waals surface area (Å²) in [4.78, 5) is 14.8. The van der Waals surface area contributed by atoms with Crippen molar-refractivity contribution in [3.05, 3.63) is 35.9 Å². The maximum atomic E-state index is 12.8. The second-order valence-corrected chi connectivity index (χ2v) is 6.05. The van der Waals surface area contributed by atoms with Crippen LogP contribution in [0.3, 0.4) is 0 Å². The summed E-state index contributed by atoms with van der Waals surface area (Å²) < 4.78 is 0. The minimum Gasteiger partial charge on any atom is -0.337 e. The van der Waals surface area contributed by atoms with Crippen LogP contribution in [-0.4, -0.2) is 29.9 Å². The van der Waals surface area contributed by atoms with Gasteiger partial charge in [-0.25, -0.2) is 0 Å². The second-order valence-electron chi connectivity index (χ2n) is 6.05. The smallest absolute Gasteiger partial charge is 0.240 e. The number of amides is 1. The molecular formula is C18H28N2O. The first-order valence-electron chi connectivity index (χ1n) is 8.30. The van der Waals surface area contributed by atoms with Gasteiger partial charge in [-0.2, -0.15) is 0 Å². The maximum Gasteiger partial charge on any atom is 0.240 e. The van der Waals surface area contributed by atoms with Gasteiger partial charge in [0.05, 0.1) is 6.04 Å². The number of hydrogen-bond acceptors (Lipinski definition) is 2. The standard InChI is InChI=1S/C18H28N2O/c1-3-12-20(14-16-8-6-5-7-9-16)18(21)17-13-15(4-2)10-11-19-17/h5-9,15,17,19H,3-4,10-14H2,1-2H3. The Morgan fingerprint density at radius 2 is 2.05 bits per heavy atom. The number of hydrogen-bond donors (Lipinski definition) is 1. The molecule has 1 aliphatic heterocycles. The molecule has 1 aliphatic rings. The van der Waals surface area contributed by atoms with Crippen LogP contribution < -0.4 is 5.32 Å². The molecule has 0 saturated carbocycles. The molecule has 2 atom stereocenters. The van der Waals surface area contributed by atoms with Crippen LogP contribution in [-0.2, 0) is 11.3 Å². The molecule has 0 radical (unpaired) electrons. The predicted octanol–water partition coefficient (Wildman–Crippen LogP) is 3.20. The normalized spacial score (nSPS) is 22.0. The van der Waals surface area contributed by atoms with E-state index in [0.717, 1.165) is 32.5 Å². The van der Waals surface area contributed by atoms with Gasteiger partial charge in [-0.15, -0.1) is 0 Å². The Kier molecular flexibility index (Phi) is 6.24. The highest BCUT2D eigenvalue weighted by Gasteiger charge is 2.29. The highest BCUT2D eigenvalue weighted by atomic mass is 16.2. The average molecular weight is 288 g/mol. The van der Waals surface area contributed by atoms with E-state index in [2.05, 4.69) is 31.3 Å². The highest BCUT2D eigenvalue weighted by molar-refractivity contribution is 5.82. The SMILES string of the molecule is CCCN(Cc1ccccc1)C(=O)C1CC(CC)CCN1. The molecule has 1 saturated heterocycles. The van der Waals surface area contributed by atoms with Gasteiger partial charge in [0.25, 0.3) is 0 Å². The van der Waals surface area contributed by atoms with Crippen molar-refractivity contribution in [2.75, 3.05) is 13.1 Å². The number of nitrogens with one attached hydrogen (secondary N) is 1. The van der Waals surface area contributed by atoms with Crippen LogP contribution in [0.1, 0.15) is 45.1 Å². The van der Waals surface area contributed by atoms with Crippen molar-refractivity contribution < 1.29 is 4.79 Å². The Morgan fingerprint density at radius 3 is 2.71 bits per heavy atom. The second kappa shape index (κ2) is 8.18. The minimum absolute atomic E-state index is 0.0129. The lowest BCUT2D eigenvalue weighted by molar-refractivity contribution is -0.135. The summed E-state index contributed by atoms with van der Waals surface area (Å²) in [6.45, 7) is 6.89. The van der Waals surface area contributed by atoms with Crippen LogP contribution in [0.5, 0.6) is 0 Å². The van der Waals surface area contributed by atoms with Gasteiger partial charge in [-0.1, -0.05) is 50.6 Å². The zero-order valence-corrected chi connectivity index (χ0v) is 13.3. The van der Waals surface area contributed by atoms with Crippen molar-refractivity contribution in [2.45, 2.75) is 52.1 Å². The third-order valence-corrected chi connectivity index (χ3v) is 4.41. The summed E-state index contributed by atoms with van der Waals surface area (Å²) in [7, 11) is 0. The molecule has 1 aromatic carbocycles. The third-order valence-electron chi connectivity index (χ3n) is 4.41. The summed E-state index contributed by atoms with van der Waals surface area (Å²) >= 11 is 0. The molecule has 1 amide bonds. The fraction of sp³-hybridized carbons (Fsp3) is 0.611. The number of rotatable bonds is 6. The molecule has 0 bridgehead atoms. The zero-order chi connectivity index (χ0) is 15.1. The van der Waals surface area contributed by atoms with Gasteiger partial charge in [0.2, 0.25) is 5.91 Å². The van der Waals surface area contributed by atoms with E-state index in [1.165, 1.54) is 18.4 Å². The zero-order valence-electron chi connectivity index (χ0n) is 13.3. The first-order valence-corrected chi connectivity index (χ1v) is 8.30. The molecule has 1 fully saturated rings. The van der Waals surface area contributed by atoms with E-state index in [9.17, 15) is 4.79 Å². The van der Waals surface area contributed by atoms with Gasteiger partial charge >= 0.3 is 0 Å². The van der Waals surface area contributed by atoms with E-state index in [4.69, 9.17) is 0 Å². The monoisotopic (exact) mass is 288 g/mol. The number of nitrogens with zero attached hydrogens (tertiary/aromatic N) is 1. The number of carbonyl (C=O) groups is 1. The van der Waals surface area contributed by atoms with E-state index in [-0.39, 0.29) is 11.9 Å². The average Bonchev–Trinajstić information content (AvgIpc) is 2.55. The molecule has 1 heterocycles. The van der Waals surface area contributed by atoms with Crippen molar-refractivity contribution in [3.63, 3.8) is 0 Å². The van der Waals surface area contributed by atoms with Crippen LogP contribution in [0, 0.1) is 5.92 Å². The molecule has 116 valence electrons. The van der Waals surface area contributed by atoms with E-state index in [0.29, 0.717) is 5.92 Å². The van der Waals surface area contributed by atoms with Crippen LogP contribution in [0.25, 0.3) is 0 Å². The molecule has 21 heavy (non-hydrogen) atoms. The lowest BCUT2D eigenvalue weighted by Gasteiger charge is -2.33.